The van der Waals surface area contributed by atoms with Crippen LogP contribution in [0.25, 0.3) is 0 Å². The first-order chi connectivity index (χ1) is 7.89. The van der Waals surface area contributed by atoms with E-state index in [-0.39, 0.29) is 5.91 Å². The zero-order valence-corrected chi connectivity index (χ0v) is 11.9. The third-order valence-corrected chi connectivity index (χ3v) is 3.73. The Morgan fingerprint density at radius 2 is 1.88 bits per heavy atom. The average Bonchev–Trinajstić information content (AvgIpc) is 2.26. The second-order valence-electron chi connectivity index (χ2n) is 4.55. The number of carbonyl (C=O) groups excluding carboxylic acids is 1. The summed E-state index contributed by atoms with van der Waals surface area (Å²) >= 11 is 16.3. The molecule has 0 saturated heterocycles. The summed E-state index contributed by atoms with van der Waals surface area (Å²) in [6.07, 6.45) is 5.97. The zero-order chi connectivity index (χ0) is 12.9. The Labute approximate surface area is 117 Å². The standard InChI is InChI=1S/C11H18Cl3NO2/c12-11(13,14)10(17)15-9(16)7-6-8-4-2-1-3-5-8/h8,10,17H,1-7H2,(H,15,16)/t10-/m1/s1. The number of aliphatic hydroxyl groups excluding tert-OH is 1. The molecular weight excluding hydrogens is 284 g/mol. The van der Waals surface area contributed by atoms with Crippen LogP contribution >= 0.6 is 34.8 Å². The smallest absolute Gasteiger partial charge is 0.234 e. The van der Waals surface area contributed by atoms with Gasteiger partial charge in [-0.25, -0.2) is 0 Å². The van der Waals surface area contributed by atoms with Gasteiger partial charge in [0.2, 0.25) is 9.70 Å². The van der Waals surface area contributed by atoms with Crippen molar-refractivity contribution in [2.75, 3.05) is 0 Å². The van der Waals surface area contributed by atoms with E-state index < -0.39 is 10.0 Å². The minimum Gasteiger partial charge on any atom is -0.369 e. The lowest BCUT2D eigenvalue weighted by atomic mass is 9.86. The van der Waals surface area contributed by atoms with E-state index in [1.165, 1.54) is 32.1 Å². The van der Waals surface area contributed by atoms with Gasteiger partial charge in [0.25, 0.3) is 0 Å². The lowest BCUT2D eigenvalue weighted by Crippen LogP contribution is -2.43. The highest BCUT2D eigenvalue weighted by Crippen LogP contribution is 2.29. The van der Waals surface area contributed by atoms with Crippen molar-refractivity contribution in [3.05, 3.63) is 0 Å². The third kappa shape index (κ3) is 6.14. The number of alkyl halides is 3. The van der Waals surface area contributed by atoms with Gasteiger partial charge in [-0.15, -0.1) is 0 Å². The number of hydrogen-bond acceptors (Lipinski definition) is 2. The molecule has 2 N–H and O–H groups in total. The normalized spacial score (nSPS) is 20.0. The van der Waals surface area contributed by atoms with Gasteiger partial charge >= 0.3 is 0 Å². The van der Waals surface area contributed by atoms with Crippen LogP contribution in [0.1, 0.15) is 44.9 Å². The molecule has 1 amide bonds. The van der Waals surface area contributed by atoms with Crippen molar-refractivity contribution in [2.45, 2.75) is 55.0 Å². The van der Waals surface area contributed by atoms with Crippen LogP contribution in [0, 0.1) is 5.92 Å². The molecule has 3 nitrogen and oxygen atoms in total. The van der Waals surface area contributed by atoms with Crippen molar-refractivity contribution in [3.8, 4) is 0 Å². The predicted molar refractivity (Wildman–Crippen MR) is 70.2 cm³/mol. The maximum absolute atomic E-state index is 11.5. The summed E-state index contributed by atoms with van der Waals surface area (Å²) in [4.78, 5) is 11.5. The Balaban J connectivity index is 2.20. The minimum atomic E-state index is -1.87. The van der Waals surface area contributed by atoms with Gasteiger partial charge in [-0.2, -0.15) is 0 Å². The quantitative estimate of drug-likeness (QED) is 0.619. The summed E-state index contributed by atoms with van der Waals surface area (Å²) in [5.41, 5.74) is 0. The molecule has 0 aromatic heterocycles. The number of rotatable bonds is 4. The van der Waals surface area contributed by atoms with Crippen molar-refractivity contribution < 1.29 is 9.90 Å². The van der Waals surface area contributed by atoms with E-state index in [1.807, 2.05) is 0 Å². The van der Waals surface area contributed by atoms with Crippen LogP contribution < -0.4 is 5.32 Å². The maximum Gasteiger partial charge on any atom is 0.234 e. The number of halogens is 3. The average molecular weight is 303 g/mol. The Bertz CT molecular complexity index is 250. The highest BCUT2D eigenvalue weighted by atomic mass is 35.6. The van der Waals surface area contributed by atoms with Crippen LogP contribution in [0.2, 0.25) is 0 Å². The van der Waals surface area contributed by atoms with E-state index in [0.717, 1.165) is 6.42 Å². The maximum atomic E-state index is 11.5. The van der Waals surface area contributed by atoms with E-state index in [2.05, 4.69) is 5.32 Å². The number of amides is 1. The molecule has 0 bridgehead atoms. The first-order valence-electron chi connectivity index (χ1n) is 5.93. The molecule has 100 valence electrons. The van der Waals surface area contributed by atoms with E-state index in [4.69, 9.17) is 34.8 Å². The van der Waals surface area contributed by atoms with Crippen molar-refractivity contribution in [1.82, 2.24) is 5.32 Å². The van der Waals surface area contributed by atoms with Gasteiger partial charge in [0.15, 0.2) is 6.23 Å². The van der Waals surface area contributed by atoms with Crippen LogP contribution in [0.5, 0.6) is 0 Å². The molecule has 1 saturated carbocycles. The molecule has 17 heavy (non-hydrogen) atoms. The van der Waals surface area contributed by atoms with Gasteiger partial charge in [-0.1, -0.05) is 66.9 Å². The molecule has 0 heterocycles. The van der Waals surface area contributed by atoms with Gasteiger partial charge in [-0.3, -0.25) is 4.79 Å². The number of hydrogen-bond donors (Lipinski definition) is 2. The molecule has 1 fully saturated rings. The van der Waals surface area contributed by atoms with Crippen molar-refractivity contribution >= 4 is 40.7 Å². The lowest BCUT2D eigenvalue weighted by molar-refractivity contribution is -0.124. The van der Waals surface area contributed by atoms with Gasteiger partial charge < -0.3 is 10.4 Å². The fourth-order valence-electron chi connectivity index (χ4n) is 2.12. The van der Waals surface area contributed by atoms with E-state index in [0.29, 0.717) is 12.3 Å². The summed E-state index contributed by atoms with van der Waals surface area (Å²) in [6, 6.07) is 0. The number of nitrogens with one attached hydrogen (secondary N) is 1. The molecule has 0 radical (unpaired) electrons. The van der Waals surface area contributed by atoms with E-state index >= 15 is 0 Å². The topological polar surface area (TPSA) is 49.3 Å². The Hall–Kier alpha value is 0.300. The summed E-state index contributed by atoms with van der Waals surface area (Å²) in [7, 11) is 0. The predicted octanol–water partition coefficient (Wildman–Crippen LogP) is 3.15. The largest absolute Gasteiger partial charge is 0.369 e. The zero-order valence-electron chi connectivity index (χ0n) is 9.59. The molecule has 0 aromatic carbocycles. The summed E-state index contributed by atoms with van der Waals surface area (Å²) in [5.74, 6) is 0.355. The molecule has 1 aliphatic carbocycles. The van der Waals surface area contributed by atoms with Crippen LogP contribution in [-0.2, 0) is 4.79 Å². The molecule has 0 spiro atoms. The molecule has 1 atom stereocenters. The van der Waals surface area contributed by atoms with Crippen LogP contribution in [0.3, 0.4) is 0 Å². The van der Waals surface area contributed by atoms with Crippen molar-refractivity contribution in [2.24, 2.45) is 5.92 Å². The lowest BCUT2D eigenvalue weighted by Gasteiger charge is -2.23. The fourth-order valence-corrected chi connectivity index (χ4v) is 2.28. The Morgan fingerprint density at radius 1 is 1.29 bits per heavy atom. The number of aliphatic hydroxyl groups is 1. The minimum absolute atomic E-state index is 0.269. The van der Waals surface area contributed by atoms with E-state index in [9.17, 15) is 9.90 Å². The number of carbonyl (C=O) groups is 1. The highest BCUT2D eigenvalue weighted by molar-refractivity contribution is 6.68. The van der Waals surface area contributed by atoms with E-state index in [1.54, 1.807) is 0 Å². The highest BCUT2D eigenvalue weighted by Gasteiger charge is 2.32. The van der Waals surface area contributed by atoms with Gasteiger partial charge in [0.1, 0.15) is 0 Å². The first kappa shape index (κ1) is 15.4. The Kier molecular flexibility index (Phi) is 6.35. The molecule has 0 aromatic rings. The SMILES string of the molecule is O=C(CCC1CCCCC1)N[C@H](O)C(Cl)(Cl)Cl. The van der Waals surface area contributed by atoms with Gasteiger partial charge in [-0.05, 0) is 12.3 Å². The summed E-state index contributed by atoms with van der Waals surface area (Å²) < 4.78 is -1.87. The molecule has 1 aliphatic rings. The van der Waals surface area contributed by atoms with Gasteiger partial charge in [0, 0.05) is 6.42 Å². The molecule has 1 rings (SSSR count). The van der Waals surface area contributed by atoms with Crippen LogP contribution in [0.15, 0.2) is 0 Å². The van der Waals surface area contributed by atoms with Crippen LogP contribution in [0.4, 0.5) is 0 Å². The Morgan fingerprint density at radius 3 is 2.41 bits per heavy atom. The second kappa shape index (κ2) is 7.03. The van der Waals surface area contributed by atoms with Gasteiger partial charge in [0.05, 0.1) is 0 Å². The molecule has 0 aliphatic heterocycles. The summed E-state index contributed by atoms with van der Waals surface area (Å²) in [6.45, 7) is 0. The molecule has 0 unspecified atom stereocenters. The fraction of sp³-hybridized carbons (Fsp3) is 0.909. The molecule has 6 heteroatoms. The first-order valence-corrected chi connectivity index (χ1v) is 7.07. The third-order valence-electron chi connectivity index (χ3n) is 3.11. The second-order valence-corrected chi connectivity index (χ2v) is 6.92. The summed E-state index contributed by atoms with van der Waals surface area (Å²) in [5, 5.41) is 11.6. The molecular formula is C11H18Cl3NO2. The van der Waals surface area contributed by atoms with Crippen LogP contribution in [-0.4, -0.2) is 21.0 Å². The van der Waals surface area contributed by atoms with Crippen molar-refractivity contribution in [3.63, 3.8) is 0 Å². The monoisotopic (exact) mass is 301 g/mol. The van der Waals surface area contributed by atoms with Crippen molar-refractivity contribution in [1.29, 1.82) is 0 Å².